The topological polar surface area (TPSA) is 3.24 Å². The lowest BCUT2D eigenvalue weighted by Crippen LogP contribution is -2.23. The van der Waals surface area contributed by atoms with E-state index in [9.17, 15) is 0 Å². The van der Waals surface area contributed by atoms with Crippen molar-refractivity contribution in [1.82, 2.24) is 4.90 Å². The Kier molecular flexibility index (Phi) is 5.53. The van der Waals surface area contributed by atoms with Crippen molar-refractivity contribution >= 4 is 22.9 Å². The van der Waals surface area contributed by atoms with Crippen LogP contribution in [-0.2, 0) is 6.42 Å². The zero-order chi connectivity index (χ0) is 10.4. The molecule has 1 unspecified atom stereocenters. The van der Waals surface area contributed by atoms with Gasteiger partial charge in [0.05, 0.1) is 0 Å². The average molecular weight is 232 g/mol. The highest BCUT2D eigenvalue weighted by Gasteiger charge is 2.02. The zero-order valence-corrected chi connectivity index (χ0v) is 10.4. The number of hydrogen-bond acceptors (Lipinski definition) is 2. The minimum absolute atomic E-state index is 0.291. The molecule has 1 rings (SSSR count). The molecule has 0 aliphatic carbocycles. The predicted octanol–water partition coefficient (Wildman–Crippen LogP) is 3.24. The number of alkyl halides is 1. The van der Waals surface area contributed by atoms with Gasteiger partial charge in [-0.3, -0.25) is 0 Å². The summed E-state index contributed by atoms with van der Waals surface area (Å²) in [4.78, 5) is 3.81. The fraction of sp³-hybridized carbons (Fsp3) is 0.636. The van der Waals surface area contributed by atoms with Gasteiger partial charge in [0.2, 0.25) is 0 Å². The number of hydrogen-bond donors (Lipinski definition) is 0. The van der Waals surface area contributed by atoms with Crippen LogP contribution in [-0.4, -0.2) is 30.4 Å². The lowest BCUT2D eigenvalue weighted by molar-refractivity contribution is 0.334. The summed E-state index contributed by atoms with van der Waals surface area (Å²) in [6.45, 7) is 4.27. The Bertz CT molecular complexity index is 233. The minimum atomic E-state index is 0.291. The fourth-order valence-electron chi connectivity index (χ4n) is 1.27. The molecule has 0 N–H and O–H groups in total. The molecule has 0 saturated heterocycles. The zero-order valence-electron chi connectivity index (χ0n) is 8.87. The fourth-order valence-corrected chi connectivity index (χ4v) is 2.06. The molecule has 0 aromatic carbocycles. The number of nitrogens with zero attached hydrogens (tertiary/aromatic N) is 1. The molecule has 1 nitrogen and oxygen atoms in total. The van der Waals surface area contributed by atoms with Crippen LogP contribution in [0.1, 0.15) is 18.2 Å². The number of likely N-dealkylation sites (N-methyl/N-ethyl adjacent to an activating group) is 1. The van der Waals surface area contributed by atoms with Gasteiger partial charge in [-0.05, 0) is 44.8 Å². The Morgan fingerprint density at radius 1 is 1.50 bits per heavy atom. The van der Waals surface area contributed by atoms with Gasteiger partial charge in [-0.1, -0.05) is 6.07 Å². The van der Waals surface area contributed by atoms with Crippen molar-refractivity contribution in [3.63, 3.8) is 0 Å². The van der Waals surface area contributed by atoms with E-state index in [2.05, 4.69) is 36.4 Å². The van der Waals surface area contributed by atoms with Crippen LogP contribution in [0.3, 0.4) is 0 Å². The molecule has 0 amide bonds. The van der Waals surface area contributed by atoms with Gasteiger partial charge in [-0.2, -0.15) is 0 Å². The van der Waals surface area contributed by atoms with E-state index in [1.165, 1.54) is 4.88 Å². The second kappa shape index (κ2) is 6.44. The van der Waals surface area contributed by atoms with E-state index in [0.717, 1.165) is 25.9 Å². The second-order valence-electron chi connectivity index (χ2n) is 3.70. The highest BCUT2D eigenvalue weighted by atomic mass is 35.5. The third kappa shape index (κ3) is 4.99. The molecule has 1 aromatic rings. The maximum absolute atomic E-state index is 5.90. The van der Waals surface area contributed by atoms with Crippen molar-refractivity contribution in [3.8, 4) is 0 Å². The normalized spacial score (nSPS) is 13.4. The van der Waals surface area contributed by atoms with Gasteiger partial charge in [0.1, 0.15) is 0 Å². The van der Waals surface area contributed by atoms with Crippen LogP contribution < -0.4 is 0 Å². The lowest BCUT2D eigenvalue weighted by atomic mass is 10.3. The molecule has 0 saturated carbocycles. The first-order valence-corrected chi connectivity index (χ1v) is 6.35. The van der Waals surface area contributed by atoms with Crippen molar-refractivity contribution in [2.24, 2.45) is 0 Å². The van der Waals surface area contributed by atoms with Crippen LogP contribution in [0.4, 0.5) is 0 Å². The first-order chi connectivity index (χ1) is 6.68. The van der Waals surface area contributed by atoms with E-state index in [4.69, 9.17) is 11.6 Å². The first-order valence-electron chi connectivity index (χ1n) is 5.03. The van der Waals surface area contributed by atoms with Crippen LogP contribution in [0.5, 0.6) is 0 Å². The van der Waals surface area contributed by atoms with Gasteiger partial charge < -0.3 is 4.90 Å². The molecule has 0 aliphatic rings. The van der Waals surface area contributed by atoms with Crippen LogP contribution in [0.25, 0.3) is 0 Å². The number of halogens is 1. The largest absolute Gasteiger partial charge is 0.306 e. The van der Waals surface area contributed by atoms with Gasteiger partial charge in [0.25, 0.3) is 0 Å². The molecule has 0 bridgehead atoms. The van der Waals surface area contributed by atoms with E-state index < -0.39 is 0 Å². The summed E-state index contributed by atoms with van der Waals surface area (Å²) < 4.78 is 0. The molecule has 80 valence electrons. The second-order valence-corrected chi connectivity index (χ2v) is 5.48. The van der Waals surface area contributed by atoms with Gasteiger partial charge in [-0.15, -0.1) is 22.9 Å². The monoisotopic (exact) mass is 231 g/mol. The smallest absolute Gasteiger partial charge is 0.0320 e. The van der Waals surface area contributed by atoms with E-state index in [0.29, 0.717) is 5.38 Å². The molecule has 1 heterocycles. The Labute approximate surface area is 95.7 Å². The van der Waals surface area contributed by atoms with Crippen molar-refractivity contribution in [1.29, 1.82) is 0 Å². The molecular formula is C11H18ClNS. The van der Waals surface area contributed by atoms with E-state index in [1.807, 2.05) is 11.3 Å². The molecule has 3 heteroatoms. The van der Waals surface area contributed by atoms with Crippen molar-refractivity contribution < 1.29 is 0 Å². The maximum Gasteiger partial charge on any atom is 0.0320 e. The molecule has 0 spiro atoms. The SMILES string of the molecule is CC(Cl)CCN(C)CCc1cccs1. The van der Waals surface area contributed by atoms with Gasteiger partial charge >= 0.3 is 0 Å². The third-order valence-corrected chi connectivity index (χ3v) is 3.38. The molecule has 0 aliphatic heterocycles. The standard InChI is InChI=1S/C11H18ClNS/c1-10(12)5-7-13(2)8-6-11-4-3-9-14-11/h3-4,9-10H,5-8H2,1-2H3. The summed E-state index contributed by atoms with van der Waals surface area (Å²) in [7, 11) is 2.16. The van der Waals surface area contributed by atoms with Gasteiger partial charge in [-0.25, -0.2) is 0 Å². The predicted molar refractivity (Wildman–Crippen MR) is 65.5 cm³/mol. The van der Waals surface area contributed by atoms with Crippen LogP contribution >= 0.6 is 22.9 Å². The summed E-state index contributed by atoms with van der Waals surface area (Å²) in [5, 5.41) is 2.43. The highest BCUT2D eigenvalue weighted by molar-refractivity contribution is 7.09. The maximum atomic E-state index is 5.90. The van der Waals surface area contributed by atoms with E-state index in [-0.39, 0.29) is 0 Å². The minimum Gasteiger partial charge on any atom is -0.306 e. The summed E-state index contributed by atoms with van der Waals surface area (Å²) in [5.41, 5.74) is 0. The number of rotatable bonds is 6. The average Bonchev–Trinajstić information content (AvgIpc) is 2.63. The van der Waals surface area contributed by atoms with Crippen molar-refractivity contribution in [2.75, 3.05) is 20.1 Å². The Balaban J connectivity index is 2.12. The highest BCUT2D eigenvalue weighted by Crippen LogP contribution is 2.09. The van der Waals surface area contributed by atoms with E-state index in [1.54, 1.807) is 0 Å². The Morgan fingerprint density at radius 2 is 2.29 bits per heavy atom. The summed E-state index contributed by atoms with van der Waals surface area (Å²) in [5.74, 6) is 0. The first kappa shape index (κ1) is 12.0. The van der Waals surface area contributed by atoms with Crippen molar-refractivity contribution in [3.05, 3.63) is 22.4 Å². The Hall–Kier alpha value is -0.0500. The third-order valence-electron chi connectivity index (χ3n) is 2.23. The molecule has 0 fully saturated rings. The quantitative estimate of drug-likeness (QED) is 0.680. The Morgan fingerprint density at radius 3 is 2.86 bits per heavy atom. The van der Waals surface area contributed by atoms with E-state index >= 15 is 0 Å². The number of thiophene rings is 1. The molecule has 1 aromatic heterocycles. The van der Waals surface area contributed by atoms with Crippen LogP contribution in [0, 0.1) is 0 Å². The molecule has 0 radical (unpaired) electrons. The lowest BCUT2D eigenvalue weighted by Gasteiger charge is -2.16. The van der Waals surface area contributed by atoms with Gasteiger partial charge in [0, 0.05) is 16.8 Å². The summed E-state index contributed by atoms with van der Waals surface area (Å²) >= 11 is 7.73. The molecule has 1 atom stereocenters. The summed E-state index contributed by atoms with van der Waals surface area (Å²) in [6, 6.07) is 4.31. The molecular weight excluding hydrogens is 214 g/mol. The van der Waals surface area contributed by atoms with Gasteiger partial charge in [0.15, 0.2) is 0 Å². The van der Waals surface area contributed by atoms with Crippen LogP contribution in [0.15, 0.2) is 17.5 Å². The van der Waals surface area contributed by atoms with Crippen LogP contribution in [0.2, 0.25) is 0 Å². The molecule has 14 heavy (non-hydrogen) atoms. The van der Waals surface area contributed by atoms with Crippen molar-refractivity contribution in [2.45, 2.75) is 25.1 Å². The summed E-state index contributed by atoms with van der Waals surface area (Å²) in [6.07, 6.45) is 2.23.